The maximum absolute atomic E-state index is 11.6. The summed E-state index contributed by atoms with van der Waals surface area (Å²) in [5, 5.41) is 4.83. The van der Waals surface area contributed by atoms with Crippen LogP contribution in [0.1, 0.15) is 23.8 Å². The van der Waals surface area contributed by atoms with E-state index in [0.29, 0.717) is 12.6 Å². The molecule has 1 amide bonds. The zero-order valence-corrected chi connectivity index (χ0v) is 11.6. The number of nitrogens with one attached hydrogen (secondary N) is 1. The Hall–Kier alpha value is -0.910. The fraction of sp³-hybridized carbons (Fsp3) is 0.615. The second-order valence-corrected chi connectivity index (χ2v) is 5.67. The molecular weight excluding hydrogens is 246 g/mol. The third-order valence-corrected chi connectivity index (χ3v) is 4.66. The van der Waals surface area contributed by atoms with Gasteiger partial charge >= 0.3 is 0 Å². The molecule has 3 N–H and O–H groups in total. The second-order valence-electron chi connectivity index (χ2n) is 4.69. The zero-order chi connectivity index (χ0) is 13.0. The molecule has 1 saturated heterocycles. The lowest BCUT2D eigenvalue weighted by Crippen LogP contribution is -2.42. The number of nitrogens with two attached hydrogens (primary N) is 1. The Kier molecular flexibility index (Phi) is 4.74. The molecule has 1 aliphatic rings. The molecule has 0 bridgehead atoms. The van der Waals surface area contributed by atoms with Crippen LogP contribution in [0.4, 0.5) is 0 Å². The Labute approximate surface area is 112 Å². The standard InChI is InChI=1S/C13H21N3OS/c1-15-13(17)10-4-6-16(7-5-10)11(9-14)12-3-2-8-18-12/h2-3,8,10-11H,4-7,9,14H2,1H3,(H,15,17). The molecular formula is C13H21N3OS. The smallest absolute Gasteiger partial charge is 0.222 e. The van der Waals surface area contributed by atoms with Crippen molar-refractivity contribution in [1.82, 2.24) is 10.2 Å². The summed E-state index contributed by atoms with van der Waals surface area (Å²) < 4.78 is 0. The summed E-state index contributed by atoms with van der Waals surface area (Å²) in [6.07, 6.45) is 1.86. The van der Waals surface area contributed by atoms with Crippen molar-refractivity contribution < 1.29 is 4.79 Å². The highest BCUT2D eigenvalue weighted by molar-refractivity contribution is 7.10. The van der Waals surface area contributed by atoms with Gasteiger partial charge in [0.15, 0.2) is 0 Å². The summed E-state index contributed by atoms with van der Waals surface area (Å²) in [7, 11) is 1.71. The van der Waals surface area contributed by atoms with Gasteiger partial charge < -0.3 is 11.1 Å². The van der Waals surface area contributed by atoms with Gasteiger partial charge in [0, 0.05) is 24.4 Å². The van der Waals surface area contributed by atoms with Crippen LogP contribution >= 0.6 is 11.3 Å². The highest BCUT2D eigenvalue weighted by Gasteiger charge is 2.28. The number of hydrogen-bond acceptors (Lipinski definition) is 4. The summed E-state index contributed by atoms with van der Waals surface area (Å²) in [5.41, 5.74) is 5.90. The number of carbonyl (C=O) groups is 1. The normalized spacial score (nSPS) is 19.7. The quantitative estimate of drug-likeness (QED) is 0.862. The number of piperidine rings is 1. The van der Waals surface area contributed by atoms with E-state index in [-0.39, 0.29) is 11.8 Å². The lowest BCUT2D eigenvalue weighted by Gasteiger charge is -2.36. The van der Waals surface area contributed by atoms with Gasteiger partial charge in [-0.2, -0.15) is 0 Å². The van der Waals surface area contributed by atoms with E-state index in [0.717, 1.165) is 25.9 Å². The Balaban J connectivity index is 1.94. The fourth-order valence-corrected chi connectivity index (χ4v) is 3.48. The Morgan fingerprint density at radius 3 is 2.83 bits per heavy atom. The van der Waals surface area contributed by atoms with Crippen molar-refractivity contribution in [3.63, 3.8) is 0 Å². The van der Waals surface area contributed by atoms with E-state index in [4.69, 9.17) is 5.73 Å². The summed E-state index contributed by atoms with van der Waals surface area (Å²) in [6, 6.07) is 4.53. The Morgan fingerprint density at radius 2 is 2.33 bits per heavy atom. The summed E-state index contributed by atoms with van der Waals surface area (Å²) in [6.45, 7) is 2.56. The molecule has 1 unspecified atom stereocenters. The molecule has 18 heavy (non-hydrogen) atoms. The summed E-state index contributed by atoms with van der Waals surface area (Å²) in [4.78, 5) is 15.3. The van der Waals surface area contributed by atoms with Crippen molar-refractivity contribution in [3.05, 3.63) is 22.4 Å². The van der Waals surface area contributed by atoms with E-state index in [1.54, 1.807) is 18.4 Å². The molecule has 1 aromatic heterocycles. The predicted octanol–water partition coefficient (Wildman–Crippen LogP) is 1.21. The van der Waals surface area contributed by atoms with Gasteiger partial charge in [-0.1, -0.05) is 6.07 Å². The topological polar surface area (TPSA) is 58.4 Å². The summed E-state index contributed by atoms with van der Waals surface area (Å²) in [5.74, 6) is 0.350. The highest BCUT2D eigenvalue weighted by Crippen LogP contribution is 2.28. The number of nitrogens with zero attached hydrogens (tertiary/aromatic N) is 1. The number of thiophene rings is 1. The van der Waals surface area contributed by atoms with Crippen LogP contribution < -0.4 is 11.1 Å². The number of rotatable bonds is 4. The predicted molar refractivity (Wildman–Crippen MR) is 74.5 cm³/mol. The van der Waals surface area contributed by atoms with E-state index in [1.165, 1.54) is 4.88 Å². The van der Waals surface area contributed by atoms with Crippen molar-refractivity contribution in [2.75, 3.05) is 26.7 Å². The van der Waals surface area contributed by atoms with Gasteiger partial charge in [0.25, 0.3) is 0 Å². The third kappa shape index (κ3) is 2.91. The zero-order valence-electron chi connectivity index (χ0n) is 10.8. The van der Waals surface area contributed by atoms with Crippen molar-refractivity contribution in [1.29, 1.82) is 0 Å². The van der Waals surface area contributed by atoms with Gasteiger partial charge in [-0.15, -0.1) is 11.3 Å². The lowest BCUT2D eigenvalue weighted by atomic mass is 9.94. The molecule has 0 radical (unpaired) electrons. The Morgan fingerprint density at radius 1 is 1.61 bits per heavy atom. The van der Waals surface area contributed by atoms with Gasteiger partial charge in [0.2, 0.25) is 5.91 Å². The molecule has 1 fully saturated rings. The molecule has 0 saturated carbocycles. The first-order valence-corrected chi connectivity index (χ1v) is 7.33. The van der Waals surface area contributed by atoms with Gasteiger partial charge in [-0.05, 0) is 37.4 Å². The molecule has 100 valence electrons. The molecule has 2 rings (SSSR count). The molecule has 5 heteroatoms. The van der Waals surface area contributed by atoms with Crippen LogP contribution in [-0.2, 0) is 4.79 Å². The highest BCUT2D eigenvalue weighted by atomic mass is 32.1. The SMILES string of the molecule is CNC(=O)C1CCN(C(CN)c2cccs2)CC1. The maximum atomic E-state index is 11.6. The van der Waals surface area contributed by atoms with Crippen LogP contribution in [0.2, 0.25) is 0 Å². The van der Waals surface area contributed by atoms with Crippen LogP contribution in [0.3, 0.4) is 0 Å². The Bertz CT molecular complexity index is 372. The minimum atomic E-state index is 0.174. The number of amides is 1. The van der Waals surface area contributed by atoms with E-state index in [1.807, 2.05) is 0 Å². The average molecular weight is 267 g/mol. The molecule has 0 aromatic carbocycles. The lowest BCUT2D eigenvalue weighted by molar-refractivity contribution is -0.126. The molecule has 4 nitrogen and oxygen atoms in total. The van der Waals surface area contributed by atoms with Crippen LogP contribution in [0.25, 0.3) is 0 Å². The van der Waals surface area contributed by atoms with E-state index < -0.39 is 0 Å². The minimum absolute atomic E-state index is 0.174. The first-order chi connectivity index (χ1) is 8.76. The van der Waals surface area contributed by atoms with Crippen LogP contribution in [0, 0.1) is 5.92 Å². The summed E-state index contributed by atoms with van der Waals surface area (Å²) >= 11 is 1.76. The van der Waals surface area contributed by atoms with Crippen LogP contribution in [0.5, 0.6) is 0 Å². The van der Waals surface area contributed by atoms with Gasteiger partial charge in [0.1, 0.15) is 0 Å². The number of likely N-dealkylation sites (tertiary alicyclic amines) is 1. The minimum Gasteiger partial charge on any atom is -0.359 e. The first-order valence-electron chi connectivity index (χ1n) is 6.45. The number of hydrogen-bond donors (Lipinski definition) is 2. The largest absolute Gasteiger partial charge is 0.359 e. The molecule has 1 aromatic rings. The van der Waals surface area contributed by atoms with Crippen molar-refractivity contribution >= 4 is 17.2 Å². The van der Waals surface area contributed by atoms with E-state index in [9.17, 15) is 4.79 Å². The monoisotopic (exact) mass is 267 g/mol. The van der Waals surface area contributed by atoms with Crippen LogP contribution in [-0.4, -0.2) is 37.5 Å². The van der Waals surface area contributed by atoms with Crippen molar-refractivity contribution in [2.45, 2.75) is 18.9 Å². The molecule has 1 aliphatic heterocycles. The van der Waals surface area contributed by atoms with Crippen molar-refractivity contribution in [2.24, 2.45) is 11.7 Å². The van der Waals surface area contributed by atoms with Crippen LogP contribution in [0.15, 0.2) is 17.5 Å². The van der Waals surface area contributed by atoms with Gasteiger partial charge in [0.05, 0.1) is 6.04 Å². The first kappa shape index (κ1) is 13.5. The second kappa shape index (κ2) is 6.31. The molecule has 0 spiro atoms. The molecule has 1 atom stereocenters. The van der Waals surface area contributed by atoms with Gasteiger partial charge in [-0.25, -0.2) is 0 Å². The van der Waals surface area contributed by atoms with Gasteiger partial charge in [-0.3, -0.25) is 9.69 Å². The average Bonchev–Trinajstić information content (AvgIpc) is 2.93. The van der Waals surface area contributed by atoms with E-state index >= 15 is 0 Å². The molecule has 2 heterocycles. The van der Waals surface area contributed by atoms with E-state index in [2.05, 4.69) is 27.7 Å². The fourth-order valence-electron chi connectivity index (χ4n) is 2.60. The number of carbonyl (C=O) groups excluding carboxylic acids is 1. The van der Waals surface area contributed by atoms with Crippen molar-refractivity contribution in [3.8, 4) is 0 Å². The maximum Gasteiger partial charge on any atom is 0.222 e. The molecule has 0 aliphatic carbocycles. The third-order valence-electron chi connectivity index (χ3n) is 3.68.